The molecule has 2 fully saturated rings. The maximum Gasteiger partial charge on any atom is 0.328 e. The zero-order valence-corrected chi connectivity index (χ0v) is 10.5. The Kier molecular flexibility index (Phi) is 2.33. The van der Waals surface area contributed by atoms with Gasteiger partial charge in [-0.2, -0.15) is 0 Å². The first kappa shape index (κ1) is 12.0. The summed E-state index contributed by atoms with van der Waals surface area (Å²) in [5.74, 6) is -0.366. The number of fused-ring (bicyclic) bond motifs is 1. The third-order valence-electron chi connectivity index (χ3n) is 3.91. The van der Waals surface area contributed by atoms with E-state index in [1.807, 2.05) is 0 Å². The van der Waals surface area contributed by atoms with E-state index in [1.165, 1.54) is 19.2 Å². The zero-order valence-electron chi connectivity index (χ0n) is 9.72. The molecule has 0 spiro atoms. The van der Waals surface area contributed by atoms with Crippen LogP contribution in [-0.4, -0.2) is 32.5 Å². The Hall–Kier alpha value is -1.05. The van der Waals surface area contributed by atoms with Crippen LogP contribution in [0, 0.1) is 10.6 Å². The van der Waals surface area contributed by atoms with Crippen molar-refractivity contribution >= 4 is 12.2 Å². The van der Waals surface area contributed by atoms with Crippen LogP contribution in [0.3, 0.4) is 0 Å². The second-order valence-corrected chi connectivity index (χ2v) is 5.56. The van der Waals surface area contributed by atoms with Gasteiger partial charge in [0.2, 0.25) is 0 Å². The molecule has 1 aliphatic carbocycles. The number of H-pyrrole nitrogens is 1. The van der Waals surface area contributed by atoms with Gasteiger partial charge < -0.3 is 9.84 Å². The molecule has 1 aromatic heterocycles. The van der Waals surface area contributed by atoms with Gasteiger partial charge in [-0.3, -0.25) is 9.55 Å². The van der Waals surface area contributed by atoms with Crippen molar-refractivity contribution in [3.63, 3.8) is 0 Å². The molecule has 0 aromatic carbocycles. The van der Waals surface area contributed by atoms with Crippen LogP contribution in [0.1, 0.15) is 19.6 Å². The van der Waals surface area contributed by atoms with Gasteiger partial charge in [0.25, 0.3) is 0 Å². The number of aromatic amines is 1. The number of aliphatic hydroxyl groups excluding tert-OH is 1. The molecule has 2 aliphatic rings. The van der Waals surface area contributed by atoms with Gasteiger partial charge in [-0.15, -0.1) is 0 Å². The van der Waals surface area contributed by atoms with Crippen molar-refractivity contribution in [1.82, 2.24) is 9.55 Å². The van der Waals surface area contributed by atoms with E-state index in [9.17, 15) is 14.3 Å². The first-order valence-electron chi connectivity index (χ1n) is 5.70. The molecule has 1 aromatic rings. The number of rotatable bonds is 2. The van der Waals surface area contributed by atoms with Gasteiger partial charge in [0.15, 0.2) is 11.9 Å². The Morgan fingerprint density at radius 1 is 1.78 bits per heavy atom. The Labute approximate surface area is 107 Å². The fourth-order valence-electron chi connectivity index (χ4n) is 2.79. The molecular formula is C11H13FN2O3S. The minimum atomic E-state index is -1.68. The van der Waals surface area contributed by atoms with Gasteiger partial charge in [-0.05, 0) is 19.4 Å². The number of hydrogen-bond acceptors (Lipinski definition) is 4. The molecule has 2 N–H and O–H groups in total. The molecule has 0 bridgehead atoms. The topological polar surface area (TPSA) is 67.2 Å². The first-order valence-corrected chi connectivity index (χ1v) is 6.10. The van der Waals surface area contributed by atoms with Gasteiger partial charge >= 0.3 is 5.69 Å². The highest BCUT2D eigenvalue weighted by Gasteiger charge is 2.74. The summed E-state index contributed by atoms with van der Waals surface area (Å²) in [7, 11) is 0. The molecule has 0 radical (unpaired) electrons. The lowest BCUT2D eigenvalue weighted by Crippen LogP contribution is -2.38. The average molecular weight is 272 g/mol. The second kappa shape index (κ2) is 3.49. The summed E-state index contributed by atoms with van der Waals surface area (Å²) >= 11 is 4.82. The van der Waals surface area contributed by atoms with Crippen LogP contribution < -0.4 is 5.69 Å². The van der Waals surface area contributed by atoms with Crippen LogP contribution in [0.25, 0.3) is 0 Å². The molecule has 1 saturated carbocycles. The second-order valence-electron chi connectivity index (χ2n) is 5.12. The number of hydrogen-bond donors (Lipinski definition) is 2. The van der Waals surface area contributed by atoms with Crippen molar-refractivity contribution in [2.45, 2.75) is 30.8 Å². The molecule has 98 valence electrons. The molecule has 3 rings (SSSR count). The lowest BCUT2D eigenvalue weighted by molar-refractivity contribution is -0.102. The van der Waals surface area contributed by atoms with E-state index in [0.29, 0.717) is 6.42 Å². The minimum Gasteiger partial charge on any atom is -0.393 e. The molecule has 0 amide bonds. The van der Waals surface area contributed by atoms with Crippen LogP contribution in [0.5, 0.6) is 0 Å². The van der Waals surface area contributed by atoms with Gasteiger partial charge in [0.05, 0.1) is 6.61 Å². The van der Waals surface area contributed by atoms with Crippen molar-refractivity contribution < 1.29 is 14.2 Å². The summed E-state index contributed by atoms with van der Waals surface area (Å²) in [6.45, 7) is 1.17. The number of ether oxygens (including phenoxy) is 1. The lowest BCUT2D eigenvalue weighted by atomic mass is 10.0. The van der Waals surface area contributed by atoms with E-state index >= 15 is 0 Å². The van der Waals surface area contributed by atoms with Crippen LogP contribution in [0.15, 0.2) is 17.1 Å². The molecule has 4 atom stereocenters. The summed E-state index contributed by atoms with van der Waals surface area (Å²) in [6.07, 6.45) is 0.882. The van der Waals surface area contributed by atoms with Crippen molar-refractivity contribution in [2.24, 2.45) is 5.92 Å². The summed E-state index contributed by atoms with van der Waals surface area (Å²) in [5.41, 5.74) is -3.00. The SMILES string of the molecule is CC1(F)C(n2ccc(=S)[nH]c2=O)OC2(CO)CC21. The third-order valence-corrected chi connectivity index (χ3v) is 4.14. The normalized spacial score (nSPS) is 41.7. The highest BCUT2D eigenvalue weighted by atomic mass is 32.1. The number of aromatic nitrogens is 2. The first-order chi connectivity index (χ1) is 8.40. The average Bonchev–Trinajstić information content (AvgIpc) is 2.98. The van der Waals surface area contributed by atoms with E-state index < -0.39 is 23.2 Å². The smallest absolute Gasteiger partial charge is 0.328 e. The Morgan fingerprint density at radius 3 is 3.06 bits per heavy atom. The Bertz CT molecular complexity index is 611. The standard InChI is InChI=1S/C11H13FN2O3S/c1-10(12)6-4-11(6,5-15)17-8(10)14-3-2-7(18)13-9(14)16/h2-3,6,8,15H,4-5H2,1H3,(H,13,16,18). The number of alkyl halides is 1. The van der Waals surface area contributed by atoms with Crippen LogP contribution in [0.2, 0.25) is 0 Å². The van der Waals surface area contributed by atoms with Gasteiger partial charge in [0.1, 0.15) is 10.2 Å². The van der Waals surface area contributed by atoms with Gasteiger partial charge in [-0.1, -0.05) is 12.2 Å². The summed E-state index contributed by atoms with van der Waals surface area (Å²) in [5, 5.41) is 9.27. The van der Waals surface area contributed by atoms with Crippen molar-refractivity contribution in [3.05, 3.63) is 27.4 Å². The van der Waals surface area contributed by atoms with Crippen molar-refractivity contribution in [1.29, 1.82) is 0 Å². The van der Waals surface area contributed by atoms with Crippen molar-refractivity contribution in [3.8, 4) is 0 Å². The fraction of sp³-hybridized carbons (Fsp3) is 0.636. The summed E-state index contributed by atoms with van der Waals surface area (Å²) in [4.78, 5) is 14.2. The summed E-state index contributed by atoms with van der Waals surface area (Å²) < 4.78 is 21.7. The van der Waals surface area contributed by atoms with Crippen LogP contribution in [-0.2, 0) is 4.74 Å². The maximum absolute atomic E-state index is 14.7. The van der Waals surface area contributed by atoms with Crippen LogP contribution in [0.4, 0.5) is 4.39 Å². The van der Waals surface area contributed by atoms with Gasteiger partial charge in [-0.25, -0.2) is 9.18 Å². The quantitative estimate of drug-likeness (QED) is 0.785. The fourth-order valence-corrected chi connectivity index (χ4v) is 2.94. The van der Waals surface area contributed by atoms with E-state index in [1.54, 1.807) is 0 Å². The molecule has 18 heavy (non-hydrogen) atoms. The maximum atomic E-state index is 14.7. The van der Waals surface area contributed by atoms with E-state index in [2.05, 4.69) is 4.98 Å². The zero-order chi connectivity index (χ0) is 13.1. The Balaban J connectivity index is 2.03. The molecule has 4 unspecified atom stereocenters. The highest BCUT2D eigenvalue weighted by molar-refractivity contribution is 7.71. The third kappa shape index (κ3) is 1.44. The van der Waals surface area contributed by atoms with Crippen molar-refractivity contribution in [2.75, 3.05) is 6.61 Å². The largest absolute Gasteiger partial charge is 0.393 e. The number of halogens is 1. The molecule has 2 heterocycles. The molecule has 7 heteroatoms. The molecular weight excluding hydrogens is 259 g/mol. The minimum absolute atomic E-state index is 0.231. The predicted octanol–water partition coefficient (Wildman–Crippen LogP) is 0.914. The van der Waals surface area contributed by atoms with E-state index in [-0.39, 0.29) is 17.2 Å². The van der Waals surface area contributed by atoms with E-state index in [4.69, 9.17) is 17.0 Å². The number of nitrogens with one attached hydrogen (secondary N) is 1. The van der Waals surface area contributed by atoms with Gasteiger partial charge in [0, 0.05) is 12.1 Å². The Morgan fingerprint density at radius 2 is 2.50 bits per heavy atom. The van der Waals surface area contributed by atoms with Crippen LogP contribution >= 0.6 is 12.2 Å². The summed E-state index contributed by atoms with van der Waals surface area (Å²) in [6, 6.07) is 1.51. The molecule has 1 aliphatic heterocycles. The number of nitrogens with zero attached hydrogens (tertiary/aromatic N) is 1. The molecule has 1 saturated heterocycles. The monoisotopic (exact) mass is 272 g/mol. The molecule has 5 nitrogen and oxygen atoms in total. The lowest BCUT2D eigenvalue weighted by Gasteiger charge is -2.26. The predicted molar refractivity (Wildman–Crippen MR) is 63.4 cm³/mol. The number of aliphatic hydroxyl groups is 1. The highest BCUT2D eigenvalue weighted by Crippen LogP contribution is 2.65. The van der Waals surface area contributed by atoms with E-state index in [0.717, 1.165) is 4.57 Å².